The van der Waals surface area contributed by atoms with Crippen LogP contribution in [-0.2, 0) is 13.5 Å². The zero-order valence-corrected chi connectivity index (χ0v) is 15.0. The summed E-state index contributed by atoms with van der Waals surface area (Å²) in [5.41, 5.74) is 6.47. The first kappa shape index (κ1) is 19.5. The summed E-state index contributed by atoms with van der Waals surface area (Å²) in [6.45, 7) is 3.13. The molecule has 26 heavy (non-hydrogen) atoms. The lowest BCUT2D eigenvalue weighted by Gasteiger charge is -2.12. The van der Waals surface area contributed by atoms with Crippen LogP contribution in [0, 0.1) is 6.92 Å². The summed E-state index contributed by atoms with van der Waals surface area (Å²) in [7, 11) is 1.40. The van der Waals surface area contributed by atoms with Crippen molar-refractivity contribution in [3.8, 4) is 5.75 Å². The second-order valence-electron chi connectivity index (χ2n) is 5.98. The fraction of sp³-hybridized carbons (Fsp3) is 0.389. The molecule has 0 fully saturated rings. The van der Waals surface area contributed by atoms with E-state index in [1.807, 2.05) is 19.1 Å². The van der Waals surface area contributed by atoms with Crippen LogP contribution in [0.25, 0.3) is 0 Å². The normalized spacial score (nSPS) is 10.6. The molecule has 2 rings (SSSR count). The largest absolute Gasteiger partial charge is 0.493 e. The van der Waals surface area contributed by atoms with E-state index in [2.05, 4.69) is 10.3 Å². The minimum Gasteiger partial charge on any atom is -0.493 e. The Balaban J connectivity index is 2.03. The van der Waals surface area contributed by atoms with E-state index >= 15 is 0 Å². The number of aromatic amines is 1. The lowest BCUT2D eigenvalue weighted by Crippen LogP contribution is -2.35. The number of amides is 1. The van der Waals surface area contributed by atoms with Crippen molar-refractivity contribution in [2.75, 3.05) is 19.7 Å². The molecule has 0 aliphatic heterocycles. The van der Waals surface area contributed by atoms with Gasteiger partial charge in [-0.25, -0.2) is 4.79 Å². The Bertz CT molecular complexity index is 885. The minimum absolute atomic E-state index is 0.260. The number of hydrogen-bond acceptors (Lipinski definition) is 5. The maximum atomic E-state index is 12.4. The minimum atomic E-state index is -0.471. The van der Waals surface area contributed by atoms with E-state index in [-0.39, 0.29) is 18.0 Å². The maximum absolute atomic E-state index is 12.4. The van der Waals surface area contributed by atoms with Gasteiger partial charge in [0.05, 0.1) is 12.2 Å². The number of carbonyl (C=O) groups is 1. The van der Waals surface area contributed by atoms with E-state index in [1.165, 1.54) is 13.2 Å². The summed E-state index contributed by atoms with van der Waals surface area (Å²) in [5, 5.41) is 2.78. The smallest absolute Gasteiger partial charge is 0.328 e. The number of nitrogens with one attached hydrogen (secondary N) is 2. The topological polar surface area (TPSA) is 119 Å². The second kappa shape index (κ2) is 9.00. The number of aryl methyl sites for hydroxylation is 1. The highest BCUT2D eigenvalue weighted by Crippen LogP contribution is 2.20. The van der Waals surface area contributed by atoms with Crippen LogP contribution in [0.3, 0.4) is 0 Å². The molecule has 1 amide bonds. The number of ether oxygens (including phenoxy) is 1. The van der Waals surface area contributed by atoms with Crippen molar-refractivity contribution in [3.05, 3.63) is 61.9 Å². The number of H-pyrrole nitrogens is 1. The first-order valence-corrected chi connectivity index (χ1v) is 8.43. The first-order chi connectivity index (χ1) is 12.4. The lowest BCUT2D eigenvalue weighted by molar-refractivity contribution is 0.0950. The van der Waals surface area contributed by atoms with Crippen LogP contribution in [0.2, 0.25) is 0 Å². The molecular formula is C18H24N4O4. The third-order valence-electron chi connectivity index (χ3n) is 3.92. The molecule has 0 aliphatic rings. The van der Waals surface area contributed by atoms with Crippen molar-refractivity contribution in [1.82, 2.24) is 14.9 Å². The van der Waals surface area contributed by atoms with E-state index in [4.69, 9.17) is 10.5 Å². The van der Waals surface area contributed by atoms with Crippen LogP contribution in [0.1, 0.15) is 27.9 Å². The zero-order chi connectivity index (χ0) is 19.1. The predicted molar refractivity (Wildman–Crippen MR) is 98.7 cm³/mol. The van der Waals surface area contributed by atoms with Gasteiger partial charge in [0.15, 0.2) is 0 Å². The van der Waals surface area contributed by atoms with Crippen LogP contribution in [0.4, 0.5) is 0 Å². The van der Waals surface area contributed by atoms with E-state index < -0.39 is 5.69 Å². The Morgan fingerprint density at radius 2 is 2.12 bits per heavy atom. The highest BCUT2D eigenvalue weighted by molar-refractivity contribution is 5.97. The molecule has 0 bridgehead atoms. The number of benzene rings is 1. The molecule has 2 aromatic rings. The van der Waals surface area contributed by atoms with Gasteiger partial charge in [0.1, 0.15) is 5.75 Å². The molecule has 140 valence electrons. The van der Waals surface area contributed by atoms with Gasteiger partial charge in [-0.3, -0.25) is 14.2 Å². The van der Waals surface area contributed by atoms with Crippen molar-refractivity contribution < 1.29 is 9.53 Å². The molecule has 0 atom stereocenters. The molecule has 0 spiro atoms. The fourth-order valence-electron chi connectivity index (χ4n) is 2.40. The number of nitrogens with zero attached hydrogens (tertiary/aromatic N) is 1. The average molecular weight is 360 g/mol. The average Bonchev–Trinajstić information content (AvgIpc) is 2.62. The Hall–Kier alpha value is -2.87. The summed E-state index contributed by atoms with van der Waals surface area (Å²) in [4.78, 5) is 38.3. The second-order valence-corrected chi connectivity index (χ2v) is 5.98. The van der Waals surface area contributed by atoms with Gasteiger partial charge in [0, 0.05) is 25.4 Å². The van der Waals surface area contributed by atoms with Gasteiger partial charge in [0.25, 0.3) is 11.5 Å². The van der Waals surface area contributed by atoms with Crippen molar-refractivity contribution in [2.45, 2.75) is 19.8 Å². The quantitative estimate of drug-likeness (QED) is 0.576. The van der Waals surface area contributed by atoms with Gasteiger partial charge in [-0.05, 0) is 44.0 Å². The van der Waals surface area contributed by atoms with E-state index in [0.717, 1.165) is 10.1 Å². The standard InChI is InChI=1S/C18H24N4O4/c1-12-4-5-14(15(10-12)26-9-3-7-19)16(23)20-8-6-13-11-21-18(25)22(2)17(13)24/h4-5,10-11H,3,6-9,19H2,1-2H3,(H,20,23)(H,21,25). The van der Waals surface area contributed by atoms with E-state index in [9.17, 15) is 14.4 Å². The molecule has 4 N–H and O–H groups in total. The SMILES string of the molecule is Cc1ccc(C(=O)NCCc2c[nH]c(=O)n(C)c2=O)c(OCCCN)c1. The summed E-state index contributed by atoms with van der Waals surface area (Å²) in [6.07, 6.45) is 2.39. The molecule has 8 nitrogen and oxygen atoms in total. The number of aromatic nitrogens is 2. The van der Waals surface area contributed by atoms with Crippen LogP contribution < -0.4 is 27.0 Å². The van der Waals surface area contributed by atoms with Gasteiger partial charge < -0.3 is 20.8 Å². The van der Waals surface area contributed by atoms with Crippen LogP contribution in [0.5, 0.6) is 5.75 Å². The van der Waals surface area contributed by atoms with Crippen LogP contribution in [-0.4, -0.2) is 35.2 Å². The fourth-order valence-corrected chi connectivity index (χ4v) is 2.40. The first-order valence-electron chi connectivity index (χ1n) is 8.43. The highest BCUT2D eigenvalue weighted by atomic mass is 16.5. The molecule has 0 radical (unpaired) electrons. The molecular weight excluding hydrogens is 336 g/mol. The molecule has 0 saturated carbocycles. The Morgan fingerprint density at radius 3 is 2.85 bits per heavy atom. The molecule has 0 aliphatic carbocycles. The third kappa shape index (κ3) is 4.82. The summed E-state index contributed by atoms with van der Waals surface area (Å²) in [5.74, 6) is 0.227. The summed E-state index contributed by atoms with van der Waals surface area (Å²) >= 11 is 0. The molecule has 8 heteroatoms. The predicted octanol–water partition coefficient (Wildman–Crippen LogP) is 0.0821. The van der Waals surface area contributed by atoms with Gasteiger partial charge in [-0.2, -0.15) is 0 Å². The van der Waals surface area contributed by atoms with Crippen molar-refractivity contribution >= 4 is 5.91 Å². The van der Waals surface area contributed by atoms with Crippen molar-refractivity contribution in [3.63, 3.8) is 0 Å². The zero-order valence-electron chi connectivity index (χ0n) is 15.0. The van der Waals surface area contributed by atoms with Crippen molar-refractivity contribution in [1.29, 1.82) is 0 Å². The monoisotopic (exact) mass is 360 g/mol. The molecule has 1 aromatic carbocycles. The Labute approximate surface area is 151 Å². The highest BCUT2D eigenvalue weighted by Gasteiger charge is 2.13. The van der Waals surface area contributed by atoms with Crippen LogP contribution in [0.15, 0.2) is 34.0 Å². The Morgan fingerprint density at radius 1 is 1.35 bits per heavy atom. The van der Waals surface area contributed by atoms with Gasteiger partial charge >= 0.3 is 5.69 Å². The van der Waals surface area contributed by atoms with Crippen LogP contribution >= 0.6 is 0 Å². The Kier molecular flexibility index (Phi) is 6.74. The van der Waals surface area contributed by atoms with Gasteiger partial charge in [-0.1, -0.05) is 6.07 Å². The summed E-state index contributed by atoms with van der Waals surface area (Å²) < 4.78 is 6.66. The van der Waals surface area contributed by atoms with Gasteiger partial charge in [-0.15, -0.1) is 0 Å². The third-order valence-corrected chi connectivity index (χ3v) is 3.92. The molecule has 1 heterocycles. The van der Waals surface area contributed by atoms with Crippen molar-refractivity contribution in [2.24, 2.45) is 12.8 Å². The lowest BCUT2D eigenvalue weighted by atomic mass is 10.1. The summed E-state index contributed by atoms with van der Waals surface area (Å²) in [6, 6.07) is 5.35. The molecule has 0 unspecified atom stereocenters. The maximum Gasteiger partial charge on any atom is 0.328 e. The van der Waals surface area contributed by atoms with Gasteiger partial charge in [0.2, 0.25) is 0 Å². The van der Waals surface area contributed by atoms with E-state index in [1.54, 1.807) is 6.07 Å². The van der Waals surface area contributed by atoms with E-state index in [0.29, 0.717) is 42.9 Å². The number of rotatable bonds is 8. The molecule has 1 aromatic heterocycles. The number of nitrogens with two attached hydrogens (primary N) is 1. The molecule has 0 saturated heterocycles. The number of hydrogen-bond donors (Lipinski definition) is 3. The number of carbonyl (C=O) groups excluding carboxylic acids is 1.